The number of likely N-dealkylation sites (N-methyl/N-ethyl adjacent to an activating group) is 1. The molecule has 96 valence electrons. The molecule has 0 atom stereocenters. The number of thiophene rings is 1. The lowest BCUT2D eigenvalue weighted by atomic mass is 10.4. The first-order valence-corrected chi connectivity index (χ1v) is 6.19. The summed E-state index contributed by atoms with van der Waals surface area (Å²) in [6, 6.07) is 3.84. The molecule has 0 aromatic carbocycles. The lowest BCUT2D eigenvalue weighted by molar-refractivity contribution is -0.141. The Morgan fingerprint density at radius 2 is 2.44 bits per heavy atom. The Hall–Kier alpha value is -1.73. The van der Waals surface area contributed by atoms with Gasteiger partial charge in [0.2, 0.25) is 0 Å². The molecule has 0 fully saturated rings. The number of carbonyl (C=O) groups excluding carboxylic acids is 1. The Bertz CT molecular complexity index is 509. The summed E-state index contributed by atoms with van der Waals surface area (Å²) in [5.41, 5.74) is 0. The highest BCUT2D eigenvalue weighted by Crippen LogP contribution is 2.22. The fourth-order valence-electron chi connectivity index (χ4n) is 1.40. The molecular weight excluding hydrogens is 254 g/mol. The predicted octanol–water partition coefficient (Wildman–Crippen LogP) is 1.40. The van der Waals surface area contributed by atoms with E-state index in [0.717, 1.165) is 4.88 Å². The van der Waals surface area contributed by atoms with Gasteiger partial charge in [0.25, 0.3) is 5.89 Å². The molecule has 18 heavy (non-hydrogen) atoms. The largest absolute Gasteiger partial charge is 0.468 e. The number of rotatable bonds is 5. The summed E-state index contributed by atoms with van der Waals surface area (Å²) < 4.78 is 9.73. The zero-order valence-electron chi connectivity index (χ0n) is 10.1. The Morgan fingerprint density at radius 1 is 1.61 bits per heavy atom. The van der Waals surface area contributed by atoms with Crippen LogP contribution in [-0.4, -0.2) is 41.7 Å². The van der Waals surface area contributed by atoms with Gasteiger partial charge in [0.15, 0.2) is 5.82 Å². The molecule has 0 saturated heterocycles. The van der Waals surface area contributed by atoms with Crippen LogP contribution in [0.3, 0.4) is 0 Å². The van der Waals surface area contributed by atoms with Crippen LogP contribution in [0.4, 0.5) is 0 Å². The average Bonchev–Trinajstić information content (AvgIpc) is 2.98. The summed E-state index contributed by atoms with van der Waals surface area (Å²) in [7, 11) is 3.15. The Balaban J connectivity index is 1.96. The molecule has 2 aromatic heterocycles. The van der Waals surface area contributed by atoms with Crippen LogP contribution in [0.2, 0.25) is 0 Å². The van der Waals surface area contributed by atoms with Gasteiger partial charge in [-0.05, 0) is 18.5 Å². The second kappa shape index (κ2) is 5.74. The molecule has 0 amide bonds. The first-order valence-electron chi connectivity index (χ1n) is 5.31. The van der Waals surface area contributed by atoms with Gasteiger partial charge in [-0.3, -0.25) is 9.69 Å². The van der Waals surface area contributed by atoms with Crippen LogP contribution in [0, 0.1) is 0 Å². The lowest BCUT2D eigenvalue weighted by Crippen LogP contribution is -2.26. The van der Waals surface area contributed by atoms with Crippen LogP contribution < -0.4 is 0 Å². The third-order valence-electron chi connectivity index (χ3n) is 2.24. The normalized spacial score (nSPS) is 10.8. The third kappa shape index (κ3) is 3.14. The minimum atomic E-state index is -0.292. The van der Waals surface area contributed by atoms with Crippen molar-refractivity contribution >= 4 is 17.3 Å². The second-order valence-electron chi connectivity index (χ2n) is 3.74. The van der Waals surface area contributed by atoms with E-state index in [1.165, 1.54) is 18.4 Å². The molecule has 6 nitrogen and oxygen atoms in total. The zero-order chi connectivity index (χ0) is 13.0. The molecule has 0 aliphatic heterocycles. The smallest absolute Gasteiger partial charge is 0.319 e. The van der Waals surface area contributed by atoms with Gasteiger partial charge in [0.05, 0.1) is 25.1 Å². The van der Waals surface area contributed by atoms with Crippen molar-refractivity contribution in [2.24, 2.45) is 0 Å². The van der Waals surface area contributed by atoms with Crippen molar-refractivity contribution < 1.29 is 14.1 Å². The molecule has 2 heterocycles. The van der Waals surface area contributed by atoms with Crippen LogP contribution in [0.25, 0.3) is 10.8 Å². The fraction of sp³-hybridized carbons (Fsp3) is 0.364. The van der Waals surface area contributed by atoms with Crippen molar-refractivity contribution in [1.29, 1.82) is 0 Å². The number of hydrogen-bond donors (Lipinski definition) is 0. The number of hydrogen-bond acceptors (Lipinski definition) is 7. The van der Waals surface area contributed by atoms with Crippen LogP contribution in [0.15, 0.2) is 22.0 Å². The van der Waals surface area contributed by atoms with Gasteiger partial charge in [-0.2, -0.15) is 4.98 Å². The van der Waals surface area contributed by atoms with E-state index in [1.54, 1.807) is 11.9 Å². The zero-order valence-corrected chi connectivity index (χ0v) is 10.9. The molecule has 0 N–H and O–H groups in total. The molecule has 2 aromatic rings. The summed E-state index contributed by atoms with van der Waals surface area (Å²) in [4.78, 5) is 18.0. The first-order chi connectivity index (χ1) is 8.69. The maximum atomic E-state index is 11.1. The number of esters is 1. The minimum absolute atomic E-state index is 0.194. The summed E-state index contributed by atoms with van der Waals surface area (Å²) in [6.07, 6.45) is 0. The quantitative estimate of drug-likeness (QED) is 0.763. The number of carbonyl (C=O) groups is 1. The number of aromatic nitrogens is 2. The number of ether oxygens (including phenoxy) is 1. The van der Waals surface area contributed by atoms with E-state index in [2.05, 4.69) is 14.9 Å². The topological polar surface area (TPSA) is 68.5 Å². The van der Waals surface area contributed by atoms with Crippen molar-refractivity contribution in [2.75, 3.05) is 20.7 Å². The van der Waals surface area contributed by atoms with E-state index in [4.69, 9.17) is 4.52 Å². The average molecular weight is 267 g/mol. The standard InChI is InChI=1S/C11H13N3O3S/c1-14(7-10(15)16-2)6-9-12-11(17-13-9)8-4-3-5-18-8/h3-5H,6-7H2,1-2H3. The molecule has 0 spiro atoms. The molecule has 0 bridgehead atoms. The predicted molar refractivity (Wildman–Crippen MR) is 66.0 cm³/mol. The number of methoxy groups -OCH3 is 1. The van der Waals surface area contributed by atoms with Gasteiger partial charge >= 0.3 is 5.97 Å². The molecule has 7 heteroatoms. The van der Waals surface area contributed by atoms with Crippen LogP contribution >= 0.6 is 11.3 Å². The first kappa shape index (κ1) is 12.7. The van der Waals surface area contributed by atoms with E-state index < -0.39 is 0 Å². The van der Waals surface area contributed by atoms with E-state index in [-0.39, 0.29) is 12.5 Å². The molecule has 0 radical (unpaired) electrons. The van der Waals surface area contributed by atoms with Gasteiger partial charge in [0, 0.05) is 0 Å². The molecule has 0 unspecified atom stereocenters. The van der Waals surface area contributed by atoms with Gasteiger partial charge < -0.3 is 9.26 Å². The maximum absolute atomic E-state index is 11.1. The summed E-state index contributed by atoms with van der Waals surface area (Å²) in [5, 5.41) is 5.82. The van der Waals surface area contributed by atoms with Gasteiger partial charge in [-0.1, -0.05) is 11.2 Å². The Morgan fingerprint density at radius 3 is 3.11 bits per heavy atom. The molecule has 0 aliphatic rings. The van der Waals surface area contributed by atoms with Crippen molar-refractivity contribution in [3.8, 4) is 10.8 Å². The van der Waals surface area contributed by atoms with Crippen LogP contribution in [0.1, 0.15) is 5.82 Å². The highest BCUT2D eigenvalue weighted by atomic mass is 32.1. The van der Waals surface area contributed by atoms with E-state index >= 15 is 0 Å². The highest BCUT2D eigenvalue weighted by Gasteiger charge is 2.13. The van der Waals surface area contributed by atoms with Crippen LogP contribution in [-0.2, 0) is 16.1 Å². The van der Waals surface area contributed by atoms with Crippen molar-refractivity contribution in [2.45, 2.75) is 6.54 Å². The van der Waals surface area contributed by atoms with Gasteiger partial charge in [0.1, 0.15) is 0 Å². The highest BCUT2D eigenvalue weighted by molar-refractivity contribution is 7.13. The van der Waals surface area contributed by atoms with Crippen molar-refractivity contribution in [3.63, 3.8) is 0 Å². The van der Waals surface area contributed by atoms with Crippen molar-refractivity contribution in [1.82, 2.24) is 15.0 Å². The minimum Gasteiger partial charge on any atom is -0.468 e. The van der Waals surface area contributed by atoms with Crippen molar-refractivity contribution in [3.05, 3.63) is 23.3 Å². The SMILES string of the molecule is COC(=O)CN(C)Cc1noc(-c2cccs2)n1. The van der Waals surface area contributed by atoms with E-state index in [0.29, 0.717) is 18.3 Å². The Kier molecular flexibility index (Phi) is 4.06. The number of nitrogens with zero attached hydrogens (tertiary/aromatic N) is 3. The fourth-order valence-corrected chi connectivity index (χ4v) is 2.05. The summed E-state index contributed by atoms with van der Waals surface area (Å²) >= 11 is 1.54. The lowest BCUT2D eigenvalue weighted by Gasteiger charge is -2.11. The molecule has 0 saturated carbocycles. The van der Waals surface area contributed by atoms with Gasteiger partial charge in [-0.15, -0.1) is 11.3 Å². The van der Waals surface area contributed by atoms with Gasteiger partial charge in [-0.25, -0.2) is 0 Å². The van der Waals surface area contributed by atoms with E-state index in [9.17, 15) is 4.79 Å². The third-order valence-corrected chi connectivity index (χ3v) is 3.10. The summed E-state index contributed by atoms with van der Waals surface area (Å²) in [5.74, 6) is 0.760. The van der Waals surface area contributed by atoms with E-state index in [1.807, 2.05) is 17.5 Å². The van der Waals surface area contributed by atoms with Crippen LogP contribution in [0.5, 0.6) is 0 Å². The Labute approximate surface area is 108 Å². The monoisotopic (exact) mass is 267 g/mol. The second-order valence-corrected chi connectivity index (χ2v) is 4.69. The molecule has 2 rings (SSSR count). The maximum Gasteiger partial charge on any atom is 0.319 e. The molecule has 0 aliphatic carbocycles. The molecular formula is C11H13N3O3S. The summed E-state index contributed by atoms with van der Waals surface area (Å²) in [6.45, 7) is 0.628.